The maximum atomic E-state index is 11.8. The maximum Gasteiger partial charge on any atom is 0.275 e. The first-order valence-corrected chi connectivity index (χ1v) is 4.96. The molecule has 1 aromatic rings. The van der Waals surface area contributed by atoms with Crippen molar-refractivity contribution in [3.05, 3.63) is 21.9 Å². The fraction of sp³-hybridized carbons (Fsp3) is 0.375. The van der Waals surface area contributed by atoms with Gasteiger partial charge in [0.1, 0.15) is 6.61 Å². The second kappa shape index (κ2) is 5.74. The molecule has 0 bridgehead atoms. The van der Waals surface area contributed by atoms with E-state index in [0.717, 1.165) is 0 Å². The van der Waals surface area contributed by atoms with E-state index in [1.54, 1.807) is 11.4 Å². The third kappa shape index (κ3) is 3.54. The van der Waals surface area contributed by atoms with E-state index in [4.69, 9.17) is 10.6 Å². The zero-order valence-corrected chi connectivity index (χ0v) is 8.52. The molecule has 15 heavy (non-hydrogen) atoms. The lowest BCUT2D eigenvalue weighted by Crippen LogP contribution is -2.30. The summed E-state index contributed by atoms with van der Waals surface area (Å²) >= 11 is 1.18. The highest BCUT2D eigenvalue weighted by Gasteiger charge is 2.12. The van der Waals surface area contributed by atoms with Gasteiger partial charge in [0.15, 0.2) is 0 Å². The highest BCUT2D eigenvalue weighted by molar-refractivity contribution is 7.12. The van der Waals surface area contributed by atoms with Crippen LogP contribution in [0.25, 0.3) is 0 Å². The Hall–Kier alpha value is -1.05. The molecule has 0 saturated heterocycles. The van der Waals surface area contributed by atoms with Crippen molar-refractivity contribution >= 4 is 17.2 Å². The van der Waals surface area contributed by atoms with E-state index >= 15 is 0 Å². The van der Waals surface area contributed by atoms with Gasteiger partial charge in [-0.05, 0) is 11.4 Å². The summed E-state index contributed by atoms with van der Waals surface area (Å²) in [5, 5.41) is 1.67. The molecule has 1 rings (SSSR count). The Balaban J connectivity index is 2.54. The van der Waals surface area contributed by atoms with Gasteiger partial charge in [-0.15, -0.1) is 11.3 Å². The van der Waals surface area contributed by atoms with Crippen molar-refractivity contribution < 1.29 is 18.3 Å². The van der Waals surface area contributed by atoms with Crippen molar-refractivity contribution in [3.8, 4) is 0 Å². The van der Waals surface area contributed by atoms with Crippen LogP contribution in [-0.4, -0.2) is 18.9 Å². The number of halogens is 2. The van der Waals surface area contributed by atoms with Gasteiger partial charge in [-0.1, -0.05) is 0 Å². The van der Waals surface area contributed by atoms with Crippen LogP contribution in [0.3, 0.4) is 0 Å². The van der Waals surface area contributed by atoms with Gasteiger partial charge in [-0.2, -0.15) is 0 Å². The molecule has 1 aromatic heterocycles. The molecule has 4 nitrogen and oxygen atoms in total. The molecule has 84 valence electrons. The van der Waals surface area contributed by atoms with Crippen molar-refractivity contribution in [2.75, 3.05) is 6.61 Å². The van der Waals surface area contributed by atoms with Crippen molar-refractivity contribution in [1.29, 1.82) is 0 Å². The van der Waals surface area contributed by atoms with E-state index in [1.165, 1.54) is 11.3 Å². The van der Waals surface area contributed by atoms with Gasteiger partial charge in [-0.25, -0.2) is 14.6 Å². The smallest absolute Gasteiger partial charge is 0.275 e. The third-order valence-corrected chi connectivity index (χ3v) is 2.54. The van der Waals surface area contributed by atoms with E-state index in [1.807, 2.05) is 5.43 Å². The molecule has 0 aliphatic heterocycles. The summed E-state index contributed by atoms with van der Waals surface area (Å²) in [6.45, 7) is -0.657. The molecule has 0 spiro atoms. The van der Waals surface area contributed by atoms with Crippen molar-refractivity contribution in [2.24, 2.45) is 5.84 Å². The van der Waals surface area contributed by atoms with Crippen LogP contribution < -0.4 is 11.3 Å². The Morgan fingerprint density at radius 3 is 3.00 bits per heavy atom. The molecule has 0 aromatic carbocycles. The number of carbonyl (C=O) groups is 1. The van der Waals surface area contributed by atoms with Crippen LogP contribution in [0.15, 0.2) is 11.4 Å². The lowest BCUT2D eigenvalue weighted by atomic mass is 10.2. The van der Waals surface area contributed by atoms with Crippen LogP contribution in [0.2, 0.25) is 0 Å². The molecule has 1 amide bonds. The summed E-state index contributed by atoms with van der Waals surface area (Å²) in [5.41, 5.74) is 2.53. The fourth-order valence-corrected chi connectivity index (χ4v) is 1.78. The number of rotatable bonds is 5. The van der Waals surface area contributed by atoms with Crippen molar-refractivity contribution in [2.45, 2.75) is 13.0 Å². The summed E-state index contributed by atoms with van der Waals surface area (Å²) in [6, 6.07) is 1.64. The molecular formula is C8H10F2N2O2S. The van der Waals surface area contributed by atoms with Crippen molar-refractivity contribution in [3.63, 3.8) is 0 Å². The lowest BCUT2D eigenvalue weighted by molar-refractivity contribution is 0.00982. The number of alkyl halides is 2. The zero-order chi connectivity index (χ0) is 11.3. The molecule has 0 aliphatic carbocycles. The Labute approximate surface area is 89.0 Å². The van der Waals surface area contributed by atoms with E-state index in [0.29, 0.717) is 10.4 Å². The number of hydrogen-bond acceptors (Lipinski definition) is 4. The lowest BCUT2D eigenvalue weighted by Gasteiger charge is -2.04. The van der Waals surface area contributed by atoms with Gasteiger partial charge < -0.3 is 4.74 Å². The molecule has 0 unspecified atom stereocenters. The molecular weight excluding hydrogens is 226 g/mol. The predicted molar refractivity (Wildman–Crippen MR) is 51.6 cm³/mol. The van der Waals surface area contributed by atoms with Crippen LogP contribution in [0.5, 0.6) is 0 Å². The quantitative estimate of drug-likeness (QED) is 0.457. The van der Waals surface area contributed by atoms with E-state index in [9.17, 15) is 13.6 Å². The van der Waals surface area contributed by atoms with Crippen LogP contribution in [-0.2, 0) is 11.3 Å². The summed E-state index contributed by atoms with van der Waals surface area (Å²) in [6.07, 6.45) is -2.50. The second-order valence-corrected chi connectivity index (χ2v) is 3.57. The summed E-state index contributed by atoms with van der Waals surface area (Å²) in [5.74, 6) is 4.51. The number of ether oxygens (including phenoxy) is 1. The standard InChI is InChI=1S/C8H10F2N2O2S/c9-6(10)4-14-3-5-1-2-15-7(5)8(13)12-11/h1-2,6H,3-4,11H2,(H,12,13). The van der Waals surface area contributed by atoms with Gasteiger partial charge >= 0.3 is 0 Å². The largest absolute Gasteiger partial charge is 0.371 e. The number of nitrogens with two attached hydrogens (primary N) is 1. The number of carbonyl (C=O) groups excluding carboxylic acids is 1. The average Bonchev–Trinajstić information content (AvgIpc) is 2.64. The molecule has 0 radical (unpaired) electrons. The molecule has 3 N–H and O–H groups in total. The zero-order valence-electron chi connectivity index (χ0n) is 7.70. The summed E-state index contributed by atoms with van der Waals surface area (Å²) < 4.78 is 28.2. The van der Waals surface area contributed by atoms with Gasteiger partial charge in [0.25, 0.3) is 12.3 Å². The summed E-state index contributed by atoms with van der Waals surface area (Å²) in [7, 11) is 0. The van der Waals surface area contributed by atoms with E-state index in [-0.39, 0.29) is 6.61 Å². The first kappa shape index (κ1) is 12.0. The minimum absolute atomic E-state index is 0.0173. The van der Waals surface area contributed by atoms with Crippen LogP contribution >= 0.6 is 11.3 Å². The highest BCUT2D eigenvalue weighted by atomic mass is 32.1. The van der Waals surface area contributed by atoms with Gasteiger partial charge in [-0.3, -0.25) is 10.2 Å². The maximum absolute atomic E-state index is 11.8. The number of amides is 1. The Kier molecular flexibility index (Phi) is 4.60. The second-order valence-electron chi connectivity index (χ2n) is 2.65. The SMILES string of the molecule is NNC(=O)c1sccc1COCC(F)F. The van der Waals surface area contributed by atoms with Crippen molar-refractivity contribution in [1.82, 2.24) is 5.43 Å². The van der Waals surface area contributed by atoms with Gasteiger partial charge in [0, 0.05) is 5.56 Å². The van der Waals surface area contributed by atoms with E-state index in [2.05, 4.69) is 0 Å². The van der Waals surface area contributed by atoms with Gasteiger partial charge in [0.2, 0.25) is 0 Å². The number of nitrogens with one attached hydrogen (secondary N) is 1. The monoisotopic (exact) mass is 236 g/mol. The average molecular weight is 236 g/mol. The molecule has 0 atom stereocenters. The number of thiophene rings is 1. The normalized spacial score (nSPS) is 10.7. The molecule has 0 fully saturated rings. The predicted octanol–water partition coefficient (Wildman–Crippen LogP) is 1.13. The fourth-order valence-electron chi connectivity index (χ4n) is 0.972. The van der Waals surface area contributed by atoms with Crippen LogP contribution in [0, 0.1) is 0 Å². The Bertz CT molecular complexity index is 330. The van der Waals surface area contributed by atoms with Crippen LogP contribution in [0.1, 0.15) is 15.2 Å². The Morgan fingerprint density at radius 2 is 2.40 bits per heavy atom. The first-order chi connectivity index (χ1) is 7.15. The number of hydrazine groups is 1. The highest BCUT2D eigenvalue weighted by Crippen LogP contribution is 2.17. The van der Waals surface area contributed by atoms with Gasteiger partial charge in [0.05, 0.1) is 11.5 Å². The number of hydrogen-bond donors (Lipinski definition) is 2. The molecule has 0 saturated carbocycles. The first-order valence-electron chi connectivity index (χ1n) is 4.08. The third-order valence-electron chi connectivity index (χ3n) is 1.59. The summed E-state index contributed by atoms with van der Waals surface area (Å²) in [4.78, 5) is 11.5. The Morgan fingerprint density at radius 1 is 1.67 bits per heavy atom. The minimum Gasteiger partial charge on any atom is -0.371 e. The van der Waals surface area contributed by atoms with Crippen LogP contribution in [0.4, 0.5) is 8.78 Å². The minimum atomic E-state index is -2.50. The number of nitrogen functional groups attached to an aromatic ring is 1. The molecule has 7 heteroatoms. The topological polar surface area (TPSA) is 64.3 Å². The molecule has 0 aliphatic rings. The molecule has 1 heterocycles. The van der Waals surface area contributed by atoms with E-state index < -0.39 is 18.9 Å².